The molecular formula is C21H29NO3. The van der Waals surface area contributed by atoms with Crippen LogP contribution in [0, 0.1) is 17.8 Å². The van der Waals surface area contributed by atoms with Crippen LogP contribution in [0.25, 0.3) is 0 Å². The van der Waals surface area contributed by atoms with Gasteiger partial charge in [0, 0.05) is 31.5 Å². The Labute approximate surface area is 150 Å². The van der Waals surface area contributed by atoms with Gasteiger partial charge < -0.3 is 14.4 Å². The summed E-state index contributed by atoms with van der Waals surface area (Å²) in [5.74, 6) is 2.75. The normalized spacial score (nSPS) is 26.5. The Morgan fingerprint density at radius 2 is 1.88 bits per heavy atom. The molecule has 0 spiro atoms. The fourth-order valence-corrected chi connectivity index (χ4v) is 3.82. The van der Waals surface area contributed by atoms with Gasteiger partial charge in [0.15, 0.2) is 0 Å². The van der Waals surface area contributed by atoms with Crippen LogP contribution in [0.2, 0.25) is 0 Å². The number of amides is 1. The first-order valence-electron chi connectivity index (χ1n) is 9.76. The third-order valence-corrected chi connectivity index (χ3v) is 5.80. The standard InChI is InChI=1S/C21H29NO3/c1-24-19-8-4-15(5-9-19)12-18-13-22(21(23)17-6-7-17)11-10-20(18)25-14-16-2-3-16/h4-5,8-9,16-18,20H,2-3,6-7,10-14H2,1H3/t18-,20+/m1/s1. The summed E-state index contributed by atoms with van der Waals surface area (Å²) in [6.45, 7) is 2.61. The van der Waals surface area contributed by atoms with Crippen LogP contribution < -0.4 is 4.74 Å². The Hall–Kier alpha value is -1.55. The van der Waals surface area contributed by atoms with Crippen molar-refractivity contribution < 1.29 is 14.3 Å². The van der Waals surface area contributed by atoms with E-state index < -0.39 is 0 Å². The Morgan fingerprint density at radius 1 is 1.12 bits per heavy atom. The lowest BCUT2D eigenvalue weighted by molar-refractivity contribution is -0.137. The molecule has 0 aromatic heterocycles. The number of hydrogen-bond donors (Lipinski definition) is 0. The van der Waals surface area contributed by atoms with Crippen molar-refractivity contribution in [2.45, 2.75) is 44.6 Å². The van der Waals surface area contributed by atoms with Gasteiger partial charge in [0.2, 0.25) is 5.91 Å². The fraction of sp³-hybridized carbons (Fsp3) is 0.667. The van der Waals surface area contributed by atoms with Gasteiger partial charge in [0.25, 0.3) is 0 Å². The average molecular weight is 343 g/mol. The number of benzene rings is 1. The highest BCUT2D eigenvalue weighted by Gasteiger charge is 2.38. The Morgan fingerprint density at radius 3 is 2.52 bits per heavy atom. The third kappa shape index (κ3) is 4.35. The summed E-state index contributed by atoms with van der Waals surface area (Å²) in [5.41, 5.74) is 1.30. The van der Waals surface area contributed by atoms with Gasteiger partial charge in [-0.15, -0.1) is 0 Å². The Bertz CT molecular complexity index is 592. The number of hydrogen-bond acceptors (Lipinski definition) is 3. The first-order valence-corrected chi connectivity index (χ1v) is 9.76. The fourth-order valence-electron chi connectivity index (χ4n) is 3.82. The van der Waals surface area contributed by atoms with Crippen molar-refractivity contribution in [1.82, 2.24) is 4.90 Å². The zero-order chi connectivity index (χ0) is 17.2. The molecule has 0 bridgehead atoms. The van der Waals surface area contributed by atoms with E-state index >= 15 is 0 Å². The summed E-state index contributed by atoms with van der Waals surface area (Å²) >= 11 is 0. The first kappa shape index (κ1) is 16.9. The number of ether oxygens (including phenoxy) is 2. The molecule has 25 heavy (non-hydrogen) atoms. The van der Waals surface area contributed by atoms with Crippen molar-refractivity contribution in [3.63, 3.8) is 0 Å². The summed E-state index contributed by atoms with van der Waals surface area (Å²) in [6, 6.07) is 8.31. The summed E-state index contributed by atoms with van der Waals surface area (Å²) < 4.78 is 11.5. The van der Waals surface area contributed by atoms with E-state index in [1.165, 1.54) is 18.4 Å². The SMILES string of the molecule is COc1ccc(C[C@@H]2CN(C(=O)C3CC3)CC[C@@H]2OCC2CC2)cc1. The van der Waals surface area contributed by atoms with Gasteiger partial charge in [-0.3, -0.25) is 4.79 Å². The van der Waals surface area contributed by atoms with Crippen molar-refractivity contribution in [3.8, 4) is 5.75 Å². The number of carbonyl (C=O) groups excluding carboxylic acids is 1. The van der Waals surface area contributed by atoms with E-state index in [1.54, 1.807) is 7.11 Å². The van der Waals surface area contributed by atoms with Crippen molar-refractivity contribution >= 4 is 5.91 Å². The van der Waals surface area contributed by atoms with Crippen molar-refractivity contribution in [2.75, 3.05) is 26.8 Å². The van der Waals surface area contributed by atoms with Crippen LogP contribution >= 0.6 is 0 Å². The molecule has 0 radical (unpaired) electrons. The van der Waals surface area contributed by atoms with Crippen LogP contribution in [0.3, 0.4) is 0 Å². The quantitative estimate of drug-likeness (QED) is 0.762. The van der Waals surface area contributed by atoms with Gasteiger partial charge in [0.05, 0.1) is 13.2 Å². The Kier molecular flexibility index (Phi) is 4.98. The molecule has 1 heterocycles. The van der Waals surface area contributed by atoms with Crippen LogP contribution in [0.4, 0.5) is 0 Å². The molecule has 136 valence electrons. The predicted molar refractivity (Wildman–Crippen MR) is 96.6 cm³/mol. The minimum atomic E-state index is 0.283. The van der Waals surface area contributed by atoms with Gasteiger partial charge in [-0.05, 0) is 62.1 Å². The number of rotatable bonds is 7. The predicted octanol–water partition coefficient (Wildman–Crippen LogP) is 3.29. The molecule has 0 N–H and O–H groups in total. The number of carbonyl (C=O) groups is 1. The van der Waals surface area contributed by atoms with Gasteiger partial charge in [-0.1, -0.05) is 12.1 Å². The molecule has 1 saturated heterocycles. The number of methoxy groups -OCH3 is 1. The maximum Gasteiger partial charge on any atom is 0.225 e. The average Bonchev–Trinajstić information content (AvgIpc) is 3.54. The van der Waals surface area contributed by atoms with Gasteiger partial charge in [-0.2, -0.15) is 0 Å². The summed E-state index contributed by atoms with van der Waals surface area (Å²) in [6.07, 6.45) is 7.04. The second-order valence-electron chi connectivity index (χ2n) is 7.97. The molecule has 1 aliphatic heterocycles. The lowest BCUT2D eigenvalue weighted by Gasteiger charge is -2.39. The highest BCUT2D eigenvalue weighted by molar-refractivity contribution is 5.81. The summed E-state index contributed by atoms with van der Waals surface area (Å²) in [7, 11) is 1.69. The smallest absolute Gasteiger partial charge is 0.225 e. The van der Waals surface area contributed by atoms with Crippen molar-refractivity contribution in [1.29, 1.82) is 0 Å². The molecule has 0 unspecified atom stereocenters. The van der Waals surface area contributed by atoms with Crippen LogP contribution in [-0.2, 0) is 16.0 Å². The number of piperidine rings is 1. The molecule has 1 amide bonds. The second-order valence-corrected chi connectivity index (χ2v) is 7.97. The molecule has 3 aliphatic rings. The first-order chi connectivity index (χ1) is 12.2. The number of likely N-dealkylation sites (tertiary alicyclic amines) is 1. The molecule has 1 aromatic carbocycles. The topological polar surface area (TPSA) is 38.8 Å². The Balaban J connectivity index is 1.41. The molecule has 1 aromatic rings. The van der Waals surface area contributed by atoms with E-state index in [4.69, 9.17) is 9.47 Å². The monoisotopic (exact) mass is 343 g/mol. The molecule has 4 rings (SSSR count). The molecule has 2 saturated carbocycles. The molecular weight excluding hydrogens is 314 g/mol. The molecule has 2 atom stereocenters. The van der Waals surface area contributed by atoms with E-state index in [0.717, 1.165) is 57.0 Å². The van der Waals surface area contributed by atoms with Crippen LogP contribution in [-0.4, -0.2) is 43.7 Å². The highest BCUT2D eigenvalue weighted by atomic mass is 16.5. The summed E-state index contributed by atoms with van der Waals surface area (Å²) in [4.78, 5) is 14.6. The molecule has 4 nitrogen and oxygen atoms in total. The maximum absolute atomic E-state index is 12.5. The third-order valence-electron chi connectivity index (χ3n) is 5.80. The van der Waals surface area contributed by atoms with Crippen molar-refractivity contribution in [3.05, 3.63) is 29.8 Å². The van der Waals surface area contributed by atoms with E-state index in [9.17, 15) is 4.79 Å². The minimum Gasteiger partial charge on any atom is -0.497 e. The van der Waals surface area contributed by atoms with E-state index in [0.29, 0.717) is 17.7 Å². The largest absolute Gasteiger partial charge is 0.497 e. The van der Waals surface area contributed by atoms with Gasteiger partial charge in [-0.25, -0.2) is 0 Å². The highest BCUT2D eigenvalue weighted by Crippen LogP contribution is 2.35. The second kappa shape index (κ2) is 7.36. The molecule has 3 fully saturated rings. The molecule has 2 aliphatic carbocycles. The van der Waals surface area contributed by atoms with Crippen molar-refractivity contribution in [2.24, 2.45) is 17.8 Å². The summed E-state index contributed by atoms with van der Waals surface area (Å²) in [5, 5.41) is 0. The van der Waals surface area contributed by atoms with Crippen LogP contribution in [0.15, 0.2) is 24.3 Å². The van der Waals surface area contributed by atoms with Gasteiger partial charge >= 0.3 is 0 Å². The van der Waals surface area contributed by atoms with E-state index in [2.05, 4.69) is 17.0 Å². The minimum absolute atomic E-state index is 0.283. The zero-order valence-electron chi connectivity index (χ0n) is 15.2. The van der Waals surface area contributed by atoms with E-state index in [-0.39, 0.29) is 6.10 Å². The number of nitrogens with zero attached hydrogens (tertiary/aromatic N) is 1. The molecule has 4 heteroatoms. The van der Waals surface area contributed by atoms with Crippen LogP contribution in [0.1, 0.15) is 37.7 Å². The lowest BCUT2D eigenvalue weighted by Crippen LogP contribution is -2.48. The van der Waals surface area contributed by atoms with E-state index in [1.807, 2.05) is 12.1 Å². The van der Waals surface area contributed by atoms with Gasteiger partial charge in [0.1, 0.15) is 5.75 Å². The maximum atomic E-state index is 12.5. The van der Waals surface area contributed by atoms with Crippen LogP contribution in [0.5, 0.6) is 5.75 Å². The zero-order valence-corrected chi connectivity index (χ0v) is 15.2. The lowest BCUT2D eigenvalue weighted by atomic mass is 9.88.